The van der Waals surface area contributed by atoms with E-state index < -0.39 is 0 Å². The number of anilines is 4. The minimum Gasteiger partial charge on any atom is -0.361 e. The van der Waals surface area contributed by atoms with E-state index in [1.54, 1.807) is 4.90 Å². The standard InChI is InChI=1S/C30H24N4O2/c1-19(35)32-24-9-12-28-29(17-24)34(18-20-5-3-2-4-6-20)30(36)25-16-22(8-11-27(25)33-28)21-7-10-26-23(15-21)13-14-31-26/h2-17,31,33H,18H2,1H3,(H,32,35). The van der Waals surface area contributed by atoms with Crippen molar-refractivity contribution in [3.05, 3.63) is 108 Å². The number of benzene rings is 4. The summed E-state index contributed by atoms with van der Waals surface area (Å²) in [5.41, 5.74) is 7.59. The van der Waals surface area contributed by atoms with Crippen LogP contribution in [0.1, 0.15) is 22.8 Å². The fraction of sp³-hybridized carbons (Fsp3) is 0.0667. The van der Waals surface area contributed by atoms with Crippen molar-refractivity contribution >= 4 is 45.5 Å². The van der Waals surface area contributed by atoms with Crippen LogP contribution in [0.25, 0.3) is 22.0 Å². The third-order valence-electron chi connectivity index (χ3n) is 6.44. The second-order valence-electron chi connectivity index (χ2n) is 8.96. The first-order chi connectivity index (χ1) is 17.5. The molecule has 0 fully saturated rings. The number of aromatic nitrogens is 1. The number of aromatic amines is 1. The van der Waals surface area contributed by atoms with Gasteiger partial charge in [-0.15, -0.1) is 0 Å². The Kier molecular flexibility index (Phi) is 5.26. The molecule has 6 nitrogen and oxygen atoms in total. The van der Waals surface area contributed by atoms with Crippen molar-refractivity contribution in [3.63, 3.8) is 0 Å². The Morgan fingerprint density at radius 3 is 2.47 bits per heavy atom. The van der Waals surface area contributed by atoms with Gasteiger partial charge in [0.25, 0.3) is 5.91 Å². The molecule has 0 saturated heterocycles. The number of rotatable bonds is 4. The lowest BCUT2D eigenvalue weighted by molar-refractivity contribution is -0.114. The van der Waals surface area contributed by atoms with Crippen LogP contribution >= 0.6 is 0 Å². The lowest BCUT2D eigenvalue weighted by Crippen LogP contribution is -2.30. The Morgan fingerprint density at radius 1 is 0.861 bits per heavy atom. The van der Waals surface area contributed by atoms with Crippen molar-refractivity contribution in [2.75, 3.05) is 15.5 Å². The van der Waals surface area contributed by atoms with Gasteiger partial charge in [0, 0.05) is 24.3 Å². The van der Waals surface area contributed by atoms with Crippen LogP contribution in [-0.4, -0.2) is 16.8 Å². The maximum atomic E-state index is 14.1. The Morgan fingerprint density at radius 2 is 1.64 bits per heavy atom. The zero-order valence-corrected chi connectivity index (χ0v) is 19.7. The Hall–Kier alpha value is -4.84. The second-order valence-corrected chi connectivity index (χ2v) is 8.96. The van der Waals surface area contributed by atoms with E-state index in [-0.39, 0.29) is 11.8 Å². The number of nitrogens with zero attached hydrogens (tertiary/aromatic N) is 1. The van der Waals surface area contributed by atoms with Crippen LogP contribution in [0.3, 0.4) is 0 Å². The van der Waals surface area contributed by atoms with E-state index >= 15 is 0 Å². The van der Waals surface area contributed by atoms with Crippen molar-refractivity contribution in [3.8, 4) is 11.1 Å². The predicted octanol–water partition coefficient (Wildman–Crippen LogP) is 6.70. The molecule has 0 spiro atoms. The number of H-pyrrole nitrogens is 1. The van der Waals surface area contributed by atoms with Gasteiger partial charge in [0.15, 0.2) is 0 Å². The van der Waals surface area contributed by atoms with E-state index in [0.717, 1.165) is 39.0 Å². The zero-order valence-electron chi connectivity index (χ0n) is 19.7. The summed E-state index contributed by atoms with van der Waals surface area (Å²) in [6.45, 7) is 1.87. The minimum absolute atomic E-state index is 0.107. The summed E-state index contributed by atoms with van der Waals surface area (Å²) in [7, 11) is 0. The third kappa shape index (κ3) is 3.99. The molecule has 2 amide bonds. The lowest BCUT2D eigenvalue weighted by Gasteiger charge is -2.24. The smallest absolute Gasteiger partial charge is 0.260 e. The summed E-state index contributed by atoms with van der Waals surface area (Å²) in [5.74, 6) is -0.269. The van der Waals surface area contributed by atoms with Gasteiger partial charge in [-0.1, -0.05) is 42.5 Å². The number of carbonyl (C=O) groups is 2. The molecule has 4 aromatic carbocycles. The Balaban J connectivity index is 1.46. The highest BCUT2D eigenvalue weighted by atomic mass is 16.2. The number of fused-ring (bicyclic) bond motifs is 3. The molecule has 3 N–H and O–H groups in total. The maximum absolute atomic E-state index is 14.1. The Bertz CT molecular complexity index is 1620. The van der Waals surface area contributed by atoms with Gasteiger partial charge in [0.05, 0.1) is 29.2 Å². The van der Waals surface area contributed by atoms with Crippen LogP contribution in [0.15, 0.2) is 97.2 Å². The van der Waals surface area contributed by atoms with Crippen LogP contribution in [0.4, 0.5) is 22.7 Å². The van der Waals surface area contributed by atoms with Gasteiger partial charge in [-0.2, -0.15) is 0 Å². The lowest BCUT2D eigenvalue weighted by atomic mass is 10.00. The van der Waals surface area contributed by atoms with Crippen LogP contribution in [0.2, 0.25) is 0 Å². The van der Waals surface area contributed by atoms with E-state index in [2.05, 4.69) is 33.8 Å². The molecule has 1 aliphatic heterocycles. The van der Waals surface area contributed by atoms with Gasteiger partial charge in [0.1, 0.15) is 0 Å². The first kappa shape index (κ1) is 21.7. The summed E-state index contributed by atoms with van der Waals surface area (Å²) < 4.78 is 0. The molecular weight excluding hydrogens is 448 g/mol. The average molecular weight is 473 g/mol. The normalized spacial score (nSPS) is 12.5. The molecule has 0 atom stereocenters. The van der Waals surface area contributed by atoms with Crippen molar-refractivity contribution < 1.29 is 9.59 Å². The molecular formula is C30H24N4O2. The quantitative estimate of drug-likeness (QED) is 0.272. The summed E-state index contributed by atoms with van der Waals surface area (Å²) >= 11 is 0. The highest BCUT2D eigenvalue weighted by Gasteiger charge is 2.28. The molecule has 1 aromatic heterocycles. The first-order valence-electron chi connectivity index (χ1n) is 11.8. The topological polar surface area (TPSA) is 77.2 Å². The molecule has 6 rings (SSSR count). The summed E-state index contributed by atoms with van der Waals surface area (Å²) in [5, 5.41) is 7.41. The molecule has 1 aliphatic rings. The second kappa shape index (κ2) is 8.74. The van der Waals surface area contributed by atoms with Crippen LogP contribution in [-0.2, 0) is 11.3 Å². The molecule has 0 bridgehead atoms. The zero-order chi connectivity index (χ0) is 24.6. The maximum Gasteiger partial charge on any atom is 0.260 e. The molecule has 0 saturated carbocycles. The molecule has 176 valence electrons. The van der Waals surface area contributed by atoms with Gasteiger partial charge in [-0.25, -0.2) is 0 Å². The summed E-state index contributed by atoms with van der Waals surface area (Å²) in [6.07, 6.45) is 1.92. The number of carbonyl (C=O) groups excluding carboxylic acids is 2. The van der Waals surface area contributed by atoms with E-state index in [0.29, 0.717) is 23.5 Å². The van der Waals surface area contributed by atoms with Gasteiger partial charge in [-0.3, -0.25) is 9.59 Å². The molecule has 0 aliphatic carbocycles. The van der Waals surface area contributed by atoms with E-state index in [9.17, 15) is 9.59 Å². The third-order valence-corrected chi connectivity index (χ3v) is 6.44. The molecule has 2 heterocycles. The summed E-state index contributed by atoms with van der Waals surface area (Å²) in [4.78, 5) is 30.8. The van der Waals surface area contributed by atoms with Crippen molar-refractivity contribution in [1.82, 2.24) is 4.98 Å². The number of nitrogens with one attached hydrogen (secondary N) is 3. The average Bonchev–Trinajstić information content (AvgIpc) is 3.32. The highest BCUT2D eigenvalue weighted by Crippen LogP contribution is 2.39. The highest BCUT2D eigenvalue weighted by molar-refractivity contribution is 6.14. The molecule has 0 radical (unpaired) electrons. The van der Waals surface area contributed by atoms with E-state index in [4.69, 9.17) is 0 Å². The van der Waals surface area contributed by atoms with E-state index in [1.807, 2.05) is 79.0 Å². The largest absolute Gasteiger partial charge is 0.361 e. The Labute approximate surface area is 208 Å². The number of hydrogen-bond acceptors (Lipinski definition) is 3. The fourth-order valence-corrected chi connectivity index (χ4v) is 4.71. The van der Waals surface area contributed by atoms with Gasteiger partial charge in [0.2, 0.25) is 5.91 Å². The predicted molar refractivity (Wildman–Crippen MR) is 145 cm³/mol. The number of amides is 2. The van der Waals surface area contributed by atoms with Crippen LogP contribution < -0.4 is 15.5 Å². The van der Waals surface area contributed by atoms with Crippen molar-refractivity contribution in [1.29, 1.82) is 0 Å². The van der Waals surface area contributed by atoms with Gasteiger partial charge < -0.3 is 20.5 Å². The minimum atomic E-state index is -0.162. The van der Waals surface area contributed by atoms with E-state index in [1.165, 1.54) is 6.92 Å². The first-order valence-corrected chi connectivity index (χ1v) is 11.8. The van der Waals surface area contributed by atoms with Crippen molar-refractivity contribution in [2.24, 2.45) is 0 Å². The molecule has 0 unspecified atom stereocenters. The summed E-state index contributed by atoms with van der Waals surface area (Å²) in [6, 6.07) is 29.7. The monoisotopic (exact) mass is 472 g/mol. The number of hydrogen-bond donors (Lipinski definition) is 3. The molecule has 36 heavy (non-hydrogen) atoms. The SMILES string of the molecule is CC(=O)Nc1ccc2c(c1)N(Cc1ccccc1)C(=O)c1cc(-c3ccc4[nH]ccc4c3)ccc1N2. The van der Waals surface area contributed by atoms with Gasteiger partial charge in [-0.05, 0) is 70.6 Å². The molecule has 5 aromatic rings. The fourth-order valence-electron chi connectivity index (χ4n) is 4.71. The van der Waals surface area contributed by atoms with Crippen LogP contribution in [0.5, 0.6) is 0 Å². The molecule has 6 heteroatoms. The van der Waals surface area contributed by atoms with Crippen molar-refractivity contribution in [2.45, 2.75) is 13.5 Å². The van der Waals surface area contributed by atoms with Crippen LogP contribution in [0, 0.1) is 0 Å². The van der Waals surface area contributed by atoms with Gasteiger partial charge >= 0.3 is 0 Å².